The maximum absolute atomic E-state index is 11.6. The van der Waals surface area contributed by atoms with E-state index in [1.54, 1.807) is 10.9 Å². The highest BCUT2D eigenvalue weighted by atomic mass is 16.5. The normalized spacial score (nSPS) is 10.3. The highest BCUT2D eigenvalue weighted by molar-refractivity contribution is 5.90. The summed E-state index contributed by atoms with van der Waals surface area (Å²) in [5.74, 6) is 0.233. The van der Waals surface area contributed by atoms with Gasteiger partial charge in [0.05, 0.1) is 19.0 Å². The molecule has 0 amide bonds. The van der Waals surface area contributed by atoms with Crippen molar-refractivity contribution in [2.24, 2.45) is 5.73 Å². The van der Waals surface area contributed by atoms with Gasteiger partial charge in [-0.25, -0.2) is 14.5 Å². The molecular formula is C12H14N4O2. The first-order valence-electron chi connectivity index (χ1n) is 5.54. The minimum Gasteiger partial charge on any atom is -0.465 e. The van der Waals surface area contributed by atoms with E-state index >= 15 is 0 Å². The number of nitrogens with zero attached hydrogens (tertiary/aromatic N) is 3. The van der Waals surface area contributed by atoms with Crippen molar-refractivity contribution in [3.05, 3.63) is 41.9 Å². The zero-order chi connectivity index (χ0) is 13.0. The van der Waals surface area contributed by atoms with Crippen LogP contribution in [0.2, 0.25) is 0 Å². The lowest BCUT2D eigenvalue weighted by atomic mass is 10.2. The van der Waals surface area contributed by atoms with Crippen LogP contribution in [0, 0.1) is 0 Å². The van der Waals surface area contributed by atoms with Crippen LogP contribution in [0.1, 0.15) is 16.1 Å². The number of pyridine rings is 1. The number of ether oxygens (including phenoxy) is 1. The van der Waals surface area contributed by atoms with Crippen LogP contribution in [0.4, 0.5) is 0 Å². The largest absolute Gasteiger partial charge is 0.465 e. The molecule has 0 aliphatic heterocycles. The fourth-order valence-electron chi connectivity index (χ4n) is 1.71. The molecule has 0 aliphatic carbocycles. The lowest BCUT2D eigenvalue weighted by Gasteiger charge is -2.06. The number of hydrogen-bond acceptors (Lipinski definition) is 5. The molecule has 2 heterocycles. The van der Waals surface area contributed by atoms with Gasteiger partial charge in [0.15, 0.2) is 5.82 Å². The highest BCUT2D eigenvalue weighted by Gasteiger charge is 2.18. The molecule has 2 aromatic heterocycles. The predicted molar refractivity (Wildman–Crippen MR) is 65.5 cm³/mol. The molecular weight excluding hydrogens is 232 g/mol. The lowest BCUT2D eigenvalue weighted by molar-refractivity contribution is 0.0599. The van der Waals surface area contributed by atoms with E-state index in [1.807, 2.05) is 18.2 Å². The van der Waals surface area contributed by atoms with E-state index in [-0.39, 0.29) is 0 Å². The van der Waals surface area contributed by atoms with Crippen molar-refractivity contribution in [2.45, 2.75) is 6.42 Å². The fraction of sp³-hybridized carbons (Fsp3) is 0.250. The van der Waals surface area contributed by atoms with E-state index in [0.717, 1.165) is 0 Å². The van der Waals surface area contributed by atoms with E-state index in [0.29, 0.717) is 30.0 Å². The summed E-state index contributed by atoms with van der Waals surface area (Å²) in [6.07, 6.45) is 3.67. The van der Waals surface area contributed by atoms with Gasteiger partial charge in [-0.3, -0.25) is 0 Å². The first-order valence-corrected chi connectivity index (χ1v) is 5.54. The van der Waals surface area contributed by atoms with Crippen LogP contribution in [0.15, 0.2) is 30.6 Å². The second-order valence-corrected chi connectivity index (χ2v) is 3.63. The lowest BCUT2D eigenvalue weighted by Crippen LogP contribution is -2.13. The summed E-state index contributed by atoms with van der Waals surface area (Å²) >= 11 is 0. The molecule has 6 nitrogen and oxygen atoms in total. The van der Waals surface area contributed by atoms with Crippen LogP contribution >= 0.6 is 0 Å². The van der Waals surface area contributed by atoms with Crippen molar-refractivity contribution < 1.29 is 9.53 Å². The summed E-state index contributed by atoms with van der Waals surface area (Å²) in [6, 6.07) is 5.49. The number of esters is 1. The average molecular weight is 246 g/mol. The minimum atomic E-state index is -0.416. The van der Waals surface area contributed by atoms with E-state index in [9.17, 15) is 4.79 Å². The van der Waals surface area contributed by atoms with Crippen molar-refractivity contribution in [3.63, 3.8) is 0 Å². The predicted octanol–water partition coefficient (Wildman–Crippen LogP) is 0.555. The van der Waals surface area contributed by atoms with Gasteiger partial charge < -0.3 is 10.5 Å². The zero-order valence-corrected chi connectivity index (χ0v) is 10.0. The zero-order valence-electron chi connectivity index (χ0n) is 10.0. The van der Waals surface area contributed by atoms with Crippen molar-refractivity contribution in [2.75, 3.05) is 13.7 Å². The van der Waals surface area contributed by atoms with E-state index in [2.05, 4.69) is 10.1 Å². The van der Waals surface area contributed by atoms with Gasteiger partial charge in [-0.1, -0.05) is 6.07 Å². The molecule has 0 fully saturated rings. The second kappa shape index (κ2) is 5.42. The van der Waals surface area contributed by atoms with Gasteiger partial charge in [0.2, 0.25) is 0 Å². The van der Waals surface area contributed by atoms with Gasteiger partial charge in [0.1, 0.15) is 5.56 Å². The van der Waals surface area contributed by atoms with Crippen molar-refractivity contribution in [1.82, 2.24) is 14.8 Å². The summed E-state index contributed by atoms with van der Waals surface area (Å²) in [4.78, 5) is 15.8. The minimum absolute atomic E-state index is 0.416. The summed E-state index contributed by atoms with van der Waals surface area (Å²) in [5, 5.41) is 4.17. The molecule has 18 heavy (non-hydrogen) atoms. The molecule has 0 saturated carbocycles. The average Bonchev–Trinajstić information content (AvgIpc) is 2.83. The Labute approximate surface area is 104 Å². The fourth-order valence-corrected chi connectivity index (χ4v) is 1.71. The molecule has 94 valence electrons. The molecule has 0 saturated heterocycles. The molecule has 6 heteroatoms. The summed E-state index contributed by atoms with van der Waals surface area (Å²) in [5.41, 5.74) is 6.70. The number of carbonyl (C=O) groups is 1. The van der Waals surface area contributed by atoms with E-state index < -0.39 is 5.97 Å². The Hall–Kier alpha value is -2.21. The topological polar surface area (TPSA) is 83.0 Å². The SMILES string of the molecule is COC(=O)c1cnn(-c2ccccn2)c1CCN. The molecule has 0 atom stereocenters. The third kappa shape index (κ3) is 2.23. The molecule has 0 aromatic carbocycles. The Morgan fingerprint density at radius 3 is 2.94 bits per heavy atom. The molecule has 0 aliphatic rings. The number of methoxy groups -OCH3 is 1. The van der Waals surface area contributed by atoms with Gasteiger partial charge in [-0.05, 0) is 18.7 Å². The maximum atomic E-state index is 11.6. The summed E-state index contributed by atoms with van der Waals surface area (Å²) < 4.78 is 6.33. The van der Waals surface area contributed by atoms with Gasteiger partial charge in [-0.15, -0.1) is 0 Å². The summed E-state index contributed by atoms with van der Waals surface area (Å²) in [6.45, 7) is 0.419. The Kier molecular flexibility index (Phi) is 3.69. The number of nitrogens with two attached hydrogens (primary N) is 1. The Balaban J connectivity index is 2.48. The van der Waals surface area contributed by atoms with Gasteiger partial charge in [-0.2, -0.15) is 5.10 Å². The third-order valence-electron chi connectivity index (χ3n) is 2.52. The monoisotopic (exact) mass is 246 g/mol. The maximum Gasteiger partial charge on any atom is 0.341 e. The van der Waals surface area contributed by atoms with Gasteiger partial charge in [0, 0.05) is 12.6 Å². The molecule has 2 N–H and O–H groups in total. The van der Waals surface area contributed by atoms with Crippen LogP contribution in [-0.2, 0) is 11.2 Å². The molecule has 0 unspecified atom stereocenters. The van der Waals surface area contributed by atoms with Crippen LogP contribution in [0.5, 0.6) is 0 Å². The molecule has 2 aromatic rings. The molecule has 0 spiro atoms. The first kappa shape index (κ1) is 12.3. The quantitative estimate of drug-likeness (QED) is 0.797. The van der Waals surface area contributed by atoms with Crippen LogP contribution in [-0.4, -0.2) is 34.4 Å². The molecule has 0 radical (unpaired) electrons. The molecule has 2 rings (SSSR count). The second-order valence-electron chi connectivity index (χ2n) is 3.63. The number of rotatable bonds is 4. The standard InChI is InChI=1S/C12H14N4O2/c1-18-12(17)9-8-15-16(10(9)5-6-13)11-4-2-3-7-14-11/h2-4,7-8H,5-6,13H2,1H3. The molecule has 0 bridgehead atoms. The van der Waals surface area contributed by atoms with Crippen molar-refractivity contribution in [1.29, 1.82) is 0 Å². The Morgan fingerprint density at radius 2 is 2.33 bits per heavy atom. The van der Waals surface area contributed by atoms with Crippen LogP contribution in [0.25, 0.3) is 5.82 Å². The number of carbonyl (C=O) groups excluding carboxylic acids is 1. The van der Waals surface area contributed by atoms with E-state index in [1.165, 1.54) is 13.3 Å². The third-order valence-corrected chi connectivity index (χ3v) is 2.52. The van der Waals surface area contributed by atoms with Gasteiger partial charge in [0.25, 0.3) is 0 Å². The highest BCUT2D eigenvalue weighted by Crippen LogP contribution is 2.14. The number of hydrogen-bond donors (Lipinski definition) is 1. The van der Waals surface area contributed by atoms with E-state index in [4.69, 9.17) is 10.5 Å². The summed E-state index contributed by atoms with van der Waals surface area (Å²) in [7, 11) is 1.34. The first-order chi connectivity index (χ1) is 8.77. The van der Waals surface area contributed by atoms with Gasteiger partial charge >= 0.3 is 5.97 Å². The van der Waals surface area contributed by atoms with Crippen molar-refractivity contribution in [3.8, 4) is 5.82 Å². The van der Waals surface area contributed by atoms with Crippen molar-refractivity contribution >= 4 is 5.97 Å². The number of aromatic nitrogens is 3. The smallest absolute Gasteiger partial charge is 0.341 e. The Morgan fingerprint density at radius 1 is 1.50 bits per heavy atom. The Bertz CT molecular complexity index is 536. The van der Waals surface area contributed by atoms with Crippen LogP contribution < -0.4 is 5.73 Å². The van der Waals surface area contributed by atoms with Crippen LogP contribution in [0.3, 0.4) is 0 Å².